The third-order valence-electron chi connectivity index (χ3n) is 4.33. The third-order valence-corrected chi connectivity index (χ3v) is 4.56. The van der Waals surface area contributed by atoms with E-state index in [1.54, 1.807) is 18.2 Å². The molecule has 3 N–H and O–H groups in total. The van der Waals surface area contributed by atoms with Crippen molar-refractivity contribution in [2.45, 2.75) is 24.4 Å². The summed E-state index contributed by atoms with van der Waals surface area (Å²) in [4.78, 5) is 4.33. The molecule has 2 aromatic rings. The van der Waals surface area contributed by atoms with Crippen molar-refractivity contribution < 1.29 is 5.11 Å². The van der Waals surface area contributed by atoms with Crippen molar-refractivity contribution in [1.82, 2.24) is 0 Å². The molecule has 4 rings (SSSR count). The summed E-state index contributed by atoms with van der Waals surface area (Å²) in [5.74, 6) is 0.731. The van der Waals surface area contributed by atoms with E-state index >= 15 is 0 Å². The summed E-state index contributed by atoms with van der Waals surface area (Å²) in [7, 11) is 0. The van der Waals surface area contributed by atoms with Gasteiger partial charge < -0.3 is 10.8 Å². The second-order valence-corrected chi connectivity index (χ2v) is 6.17. The molecule has 1 unspecified atom stereocenters. The van der Waals surface area contributed by atoms with Crippen molar-refractivity contribution >= 4 is 23.1 Å². The molecule has 21 heavy (non-hydrogen) atoms. The fourth-order valence-electron chi connectivity index (χ4n) is 3.10. The Kier molecular flexibility index (Phi) is 2.65. The molecule has 3 nitrogen and oxygen atoms in total. The van der Waals surface area contributed by atoms with Crippen molar-refractivity contribution in [3.05, 3.63) is 64.2 Å². The molecule has 0 saturated heterocycles. The van der Waals surface area contributed by atoms with Gasteiger partial charge in [0.25, 0.3) is 0 Å². The van der Waals surface area contributed by atoms with Crippen molar-refractivity contribution in [3.8, 4) is 0 Å². The lowest BCUT2D eigenvalue weighted by molar-refractivity contribution is 0.157. The molecule has 1 saturated carbocycles. The predicted molar refractivity (Wildman–Crippen MR) is 84.2 cm³/mol. The lowest BCUT2D eigenvalue weighted by atomic mass is 9.82. The number of amidine groups is 1. The Morgan fingerprint density at radius 3 is 2.67 bits per heavy atom. The zero-order valence-electron chi connectivity index (χ0n) is 11.4. The van der Waals surface area contributed by atoms with Gasteiger partial charge in [0.05, 0.1) is 5.69 Å². The maximum absolute atomic E-state index is 11.4. The fourth-order valence-corrected chi connectivity index (χ4v) is 3.28. The molecule has 2 aliphatic rings. The molecule has 2 aromatic carbocycles. The van der Waals surface area contributed by atoms with E-state index in [9.17, 15) is 5.11 Å². The highest BCUT2D eigenvalue weighted by Crippen LogP contribution is 2.49. The Balaban J connectivity index is 1.96. The molecule has 4 heteroatoms. The first kappa shape index (κ1) is 12.9. The molecular formula is C17H15ClN2O. The first-order chi connectivity index (χ1) is 10.1. The molecule has 0 radical (unpaired) electrons. The zero-order chi connectivity index (χ0) is 14.6. The Morgan fingerprint density at radius 1 is 1.14 bits per heavy atom. The summed E-state index contributed by atoms with van der Waals surface area (Å²) < 4.78 is 0. The first-order valence-corrected chi connectivity index (χ1v) is 7.45. The summed E-state index contributed by atoms with van der Waals surface area (Å²) in [6.45, 7) is 0. The van der Waals surface area contributed by atoms with Crippen LogP contribution < -0.4 is 5.73 Å². The monoisotopic (exact) mass is 298 g/mol. The maximum atomic E-state index is 11.4. The number of nitrogens with two attached hydrogens (primary N) is 1. The fraction of sp³-hybridized carbons (Fsp3) is 0.235. The van der Waals surface area contributed by atoms with Gasteiger partial charge in [-0.25, -0.2) is 4.99 Å². The molecular weight excluding hydrogens is 284 g/mol. The van der Waals surface area contributed by atoms with Crippen LogP contribution in [0.4, 0.5) is 5.69 Å². The summed E-state index contributed by atoms with van der Waals surface area (Å²) in [5, 5.41) is 11.9. The molecule has 0 bridgehead atoms. The molecule has 0 spiro atoms. The van der Waals surface area contributed by atoms with Gasteiger partial charge in [0.1, 0.15) is 5.84 Å². The van der Waals surface area contributed by atoms with Crippen LogP contribution in [0.15, 0.2) is 47.5 Å². The minimum Gasteiger partial charge on any atom is -0.384 e. The quantitative estimate of drug-likeness (QED) is 0.892. The van der Waals surface area contributed by atoms with Crippen LogP contribution in [-0.2, 0) is 5.60 Å². The van der Waals surface area contributed by atoms with E-state index in [0.29, 0.717) is 22.2 Å². The minimum atomic E-state index is -1.38. The first-order valence-electron chi connectivity index (χ1n) is 7.07. The van der Waals surface area contributed by atoms with E-state index in [1.165, 1.54) is 0 Å². The second kappa shape index (κ2) is 4.33. The molecule has 1 aliphatic heterocycles. The Hall–Kier alpha value is -1.84. The largest absolute Gasteiger partial charge is 0.384 e. The lowest BCUT2D eigenvalue weighted by Gasteiger charge is -2.27. The Bertz CT molecular complexity index is 767. The summed E-state index contributed by atoms with van der Waals surface area (Å²) in [6, 6.07) is 13.2. The van der Waals surface area contributed by atoms with Crippen LogP contribution in [0.2, 0.25) is 5.02 Å². The van der Waals surface area contributed by atoms with Crippen molar-refractivity contribution in [1.29, 1.82) is 0 Å². The molecule has 1 fully saturated rings. The number of nitrogens with zero attached hydrogens (tertiary/aromatic N) is 1. The van der Waals surface area contributed by atoms with Gasteiger partial charge >= 0.3 is 0 Å². The van der Waals surface area contributed by atoms with Crippen LogP contribution in [0, 0.1) is 0 Å². The average Bonchev–Trinajstić information content (AvgIpc) is 3.29. The van der Waals surface area contributed by atoms with E-state index in [1.807, 2.05) is 18.2 Å². The summed E-state index contributed by atoms with van der Waals surface area (Å²) >= 11 is 6.10. The van der Waals surface area contributed by atoms with E-state index in [0.717, 1.165) is 24.0 Å². The van der Waals surface area contributed by atoms with Crippen molar-refractivity contribution in [2.75, 3.05) is 0 Å². The number of rotatable bonds is 2. The van der Waals surface area contributed by atoms with Gasteiger partial charge in [-0.3, -0.25) is 0 Å². The average molecular weight is 299 g/mol. The molecule has 1 atom stereocenters. The van der Waals surface area contributed by atoms with Crippen LogP contribution in [0.25, 0.3) is 0 Å². The standard InChI is InChI=1S/C17H15ClN2O/c18-11-7-8-15-14(9-11)17(21,16(19)20-15)13-4-2-1-3-12(13)10-5-6-10/h1-4,7-10,21H,5-6H2,(H2,19,20). The van der Waals surface area contributed by atoms with E-state index < -0.39 is 5.60 Å². The number of hydrogen-bond acceptors (Lipinski definition) is 3. The predicted octanol–water partition coefficient (Wildman–Crippen LogP) is 3.46. The van der Waals surface area contributed by atoms with Gasteiger partial charge in [-0.15, -0.1) is 0 Å². The van der Waals surface area contributed by atoms with Crippen LogP contribution in [0.1, 0.15) is 35.4 Å². The lowest BCUT2D eigenvalue weighted by Crippen LogP contribution is -2.40. The van der Waals surface area contributed by atoms with Gasteiger partial charge in [0, 0.05) is 10.6 Å². The molecule has 0 aromatic heterocycles. The Labute approximate surface area is 128 Å². The van der Waals surface area contributed by atoms with Crippen molar-refractivity contribution in [2.24, 2.45) is 10.7 Å². The van der Waals surface area contributed by atoms with Crippen LogP contribution in [0.3, 0.4) is 0 Å². The van der Waals surface area contributed by atoms with Crippen molar-refractivity contribution in [3.63, 3.8) is 0 Å². The topological polar surface area (TPSA) is 58.6 Å². The van der Waals surface area contributed by atoms with Crippen LogP contribution >= 0.6 is 11.6 Å². The second-order valence-electron chi connectivity index (χ2n) is 5.73. The number of halogens is 1. The number of aliphatic hydroxyl groups is 1. The molecule has 1 aliphatic carbocycles. The van der Waals surface area contributed by atoms with E-state index in [2.05, 4.69) is 11.1 Å². The van der Waals surface area contributed by atoms with E-state index in [-0.39, 0.29) is 5.84 Å². The molecule has 106 valence electrons. The Morgan fingerprint density at radius 2 is 1.90 bits per heavy atom. The van der Waals surface area contributed by atoms with E-state index in [4.69, 9.17) is 17.3 Å². The highest BCUT2D eigenvalue weighted by Gasteiger charge is 2.45. The zero-order valence-corrected chi connectivity index (χ0v) is 12.1. The van der Waals surface area contributed by atoms with Gasteiger partial charge in [-0.05, 0) is 48.1 Å². The maximum Gasteiger partial charge on any atom is 0.174 e. The SMILES string of the molecule is NC1=Nc2ccc(Cl)cc2C1(O)c1ccccc1C1CC1. The number of benzene rings is 2. The van der Waals surface area contributed by atoms with Gasteiger partial charge in [-0.2, -0.15) is 0 Å². The van der Waals surface area contributed by atoms with Gasteiger partial charge in [0.2, 0.25) is 0 Å². The van der Waals surface area contributed by atoms with Crippen LogP contribution in [0.5, 0.6) is 0 Å². The highest BCUT2D eigenvalue weighted by atomic mass is 35.5. The van der Waals surface area contributed by atoms with Crippen LogP contribution in [-0.4, -0.2) is 10.9 Å². The normalized spacial score (nSPS) is 23.8. The molecule has 1 heterocycles. The summed E-state index contributed by atoms with van der Waals surface area (Å²) in [6.07, 6.45) is 2.32. The van der Waals surface area contributed by atoms with Gasteiger partial charge in [0.15, 0.2) is 5.60 Å². The minimum absolute atomic E-state index is 0.216. The number of fused-ring (bicyclic) bond motifs is 1. The highest BCUT2D eigenvalue weighted by molar-refractivity contribution is 6.30. The smallest absolute Gasteiger partial charge is 0.174 e. The number of aliphatic imine (C=N–C) groups is 1. The third kappa shape index (κ3) is 1.81. The number of hydrogen-bond donors (Lipinski definition) is 2. The molecule has 0 amide bonds. The summed E-state index contributed by atoms with van der Waals surface area (Å²) in [5.41, 5.74) is 8.06. The van der Waals surface area contributed by atoms with Gasteiger partial charge in [-0.1, -0.05) is 35.9 Å².